The van der Waals surface area contributed by atoms with E-state index in [4.69, 9.17) is 5.73 Å². The predicted octanol–water partition coefficient (Wildman–Crippen LogP) is 1.49. The Hall–Kier alpha value is -0.610. The van der Waals surface area contributed by atoms with E-state index in [-0.39, 0.29) is 17.9 Å². The molecule has 4 heteroatoms. The summed E-state index contributed by atoms with van der Waals surface area (Å²) in [6.45, 7) is 4.56. The molecule has 3 aliphatic rings. The first-order chi connectivity index (χ1) is 9.66. The molecular formula is C16H29N3O. The minimum absolute atomic E-state index is 0.0383. The molecule has 0 aromatic carbocycles. The van der Waals surface area contributed by atoms with Crippen LogP contribution in [0.3, 0.4) is 0 Å². The largest absolute Gasteiger partial charge is 0.351 e. The maximum Gasteiger partial charge on any atom is 0.224 e. The molecule has 4 nitrogen and oxygen atoms in total. The standard InChI is InChI=1S/C16H29N3O/c1-11-5-4-6-12(15(11)17)16(20)18-13-8-10-19-9-3-2-7-14(13)19/h11-15H,2-10,17H2,1H3,(H,18,20). The third kappa shape index (κ3) is 2.73. The maximum absolute atomic E-state index is 12.6. The number of hydrogen-bond acceptors (Lipinski definition) is 3. The minimum Gasteiger partial charge on any atom is -0.351 e. The average Bonchev–Trinajstić information content (AvgIpc) is 2.85. The molecule has 20 heavy (non-hydrogen) atoms. The Balaban J connectivity index is 1.58. The Morgan fingerprint density at radius 1 is 1.10 bits per heavy atom. The Bertz CT molecular complexity index is 360. The van der Waals surface area contributed by atoms with E-state index in [1.165, 1.54) is 32.2 Å². The molecule has 1 saturated carbocycles. The molecule has 2 heterocycles. The SMILES string of the molecule is CC1CCCC(C(=O)NC2CCN3CCCCC23)C1N. The molecule has 0 aromatic heterocycles. The normalized spacial score (nSPS) is 42.2. The second-order valence-electron chi connectivity index (χ2n) is 7.09. The number of fused-ring (bicyclic) bond motifs is 1. The van der Waals surface area contributed by atoms with Crippen molar-refractivity contribution in [3.8, 4) is 0 Å². The van der Waals surface area contributed by atoms with Crippen LogP contribution in [-0.4, -0.2) is 42.0 Å². The van der Waals surface area contributed by atoms with Crippen LogP contribution in [0.25, 0.3) is 0 Å². The van der Waals surface area contributed by atoms with Gasteiger partial charge in [-0.3, -0.25) is 9.69 Å². The number of piperidine rings is 1. The van der Waals surface area contributed by atoms with Gasteiger partial charge in [0.1, 0.15) is 0 Å². The van der Waals surface area contributed by atoms with E-state index in [2.05, 4.69) is 17.1 Å². The van der Waals surface area contributed by atoms with Gasteiger partial charge in [0.05, 0.1) is 5.92 Å². The lowest BCUT2D eigenvalue weighted by Crippen LogP contribution is -2.52. The molecule has 3 rings (SSSR count). The molecule has 1 aliphatic carbocycles. The molecule has 0 radical (unpaired) electrons. The van der Waals surface area contributed by atoms with E-state index in [1.54, 1.807) is 0 Å². The topological polar surface area (TPSA) is 58.4 Å². The van der Waals surface area contributed by atoms with Crippen LogP contribution < -0.4 is 11.1 Å². The fourth-order valence-corrected chi connectivity index (χ4v) is 4.45. The van der Waals surface area contributed by atoms with Gasteiger partial charge in [-0.05, 0) is 44.6 Å². The Kier molecular flexibility index (Phi) is 4.32. The molecule has 3 fully saturated rings. The van der Waals surface area contributed by atoms with E-state index in [0.717, 1.165) is 25.8 Å². The minimum atomic E-state index is 0.0383. The average molecular weight is 279 g/mol. The molecule has 0 aromatic rings. The number of carbonyl (C=O) groups is 1. The highest BCUT2D eigenvalue weighted by atomic mass is 16.2. The lowest BCUT2D eigenvalue weighted by molar-refractivity contribution is -0.128. The summed E-state index contributed by atoms with van der Waals surface area (Å²) >= 11 is 0. The first-order valence-electron chi connectivity index (χ1n) is 8.47. The quantitative estimate of drug-likeness (QED) is 0.805. The van der Waals surface area contributed by atoms with Crippen molar-refractivity contribution in [2.75, 3.05) is 13.1 Å². The second kappa shape index (κ2) is 6.02. The van der Waals surface area contributed by atoms with Crippen molar-refractivity contribution in [2.24, 2.45) is 17.6 Å². The Morgan fingerprint density at radius 3 is 2.80 bits per heavy atom. The number of nitrogens with zero attached hydrogens (tertiary/aromatic N) is 1. The summed E-state index contributed by atoms with van der Waals surface area (Å²) in [6, 6.07) is 1.00. The van der Waals surface area contributed by atoms with Crippen LogP contribution in [0.5, 0.6) is 0 Å². The van der Waals surface area contributed by atoms with Crippen molar-refractivity contribution in [3.05, 3.63) is 0 Å². The molecule has 114 valence electrons. The highest BCUT2D eigenvalue weighted by molar-refractivity contribution is 5.80. The van der Waals surface area contributed by atoms with Gasteiger partial charge in [-0.15, -0.1) is 0 Å². The molecule has 5 unspecified atom stereocenters. The molecule has 2 aliphatic heterocycles. The number of carbonyl (C=O) groups excluding carboxylic acids is 1. The molecule has 2 saturated heterocycles. The van der Waals surface area contributed by atoms with Crippen molar-refractivity contribution < 1.29 is 4.79 Å². The van der Waals surface area contributed by atoms with Gasteiger partial charge in [0.15, 0.2) is 0 Å². The van der Waals surface area contributed by atoms with E-state index >= 15 is 0 Å². The number of nitrogens with one attached hydrogen (secondary N) is 1. The van der Waals surface area contributed by atoms with Gasteiger partial charge in [-0.2, -0.15) is 0 Å². The summed E-state index contributed by atoms with van der Waals surface area (Å²) in [5.74, 6) is 0.743. The number of hydrogen-bond donors (Lipinski definition) is 2. The highest BCUT2D eigenvalue weighted by Crippen LogP contribution is 2.30. The molecule has 5 atom stereocenters. The Morgan fingerprint density at radius 2 is 1.95 bits per heavy atom. The van der Waals surface area contributed by atoms with Gasteiger partial charge in [0, 0.05) is 24.7 Å². The van der Waals surface area contributed by atoms with Crippen LogP contribution in [0.4, 0.5) is 0 Å². The van der Waals surface area contributed by atoms with Gasteiger partial charge in [0.2, 0.25) is 5.91 Å². The zero-order chi connectivity index (χ0) is 14.1. The van der Waals surface area contributed by atoms with Crippen LogP contribution in [0.15, 0.2) is 0 Å². The van der Waals surface area contributed by atoms with Crippen LogP contribution in [0.1, 0.15) is 51.9 Å². The number of rotatable bonds is 2. The van der Waals surface area contributed by atoms with Crippen LogP contribution in [-0.2, 0) is 4.79 Å². The van der Waals surface area contributed by atoms with Gasteiger partial charge in [-0.1, -0.05) is 19.8 Å². The summed E-state index contributed by atoms with van der Waals surface area (Å²) in [6.07, 6.45) is 8.29. The first-order valence-corrected chi connectivity index (χ1v) is 8.47. The molecule has 0 spiro atoms. The molecule has 3 N–H and O–H groups in total. The lowest BCUT2D eigenvalue weighted by Gasteiger charge is -2.36. The third-order valence-corrected chi connectivity index (χ3v) is 5.82. The van der Waals surface area contributed by atoms with Gasteiger partial charge < -0.3 is 11.1 Å². The van der Waals surface area contributed by atoms with Crippen molar-refractivity contribution in [1.82, 2.24) is 10.2 Å². The Labute approximate surface area is 122 Å². The summed E-state index contributed by atoms with van der Waals surface area (Å²) in [7, 11) is 0. The van der Waals surface area contributed by atoms with Crippen LogP contribution in [0.2, 0.25) is 0 Å². The fourth-order valence-electron chi connectivity index (χ4n) is 4.45. The van der Waals surface area contributed by atoms with E-state index in [9.17, 15) is 4.79 Å². The summed E-state index contributed by atoms with van der Waals surface area (Å²) in [5, 5.41) is 3.34. The smallest absolute Gasteiger partial charge is 0.224 e. The first kappa shape index (κ1) is 14.3. The summed E-state index contributed by atoms with van der Waals surface area (Å²) < 4.78 is 0. The molecule has 0 bridgehead atoms. The van der Waals surface area contributed by atoms with Crippen LogP contribution in [0, 0.1) is 11.8 Å². The van der Waals surface area contributed by atoms with E-state index in [0.29, 0.717) is 18.0 Å². The zero-order valence-electron chi connectivity index (χ0n) is 12.7. The van der Waals surface area contributed by atoms with Crippen molar-refractivity contribution in [3.63, 3.8) is 0 Å². The number of nitrogens with two attached hydrogens (primary N) is 1. The maximum atomic E-state index is 12.6. The lowest BCUT2D eigenvalue weighted by atomic mass is 9.77. The van der Waals surface area contributed by atoms with Crippen molar-refractivity contribution >= 4 is 5.91 Å². The predicted molar refractivity (Wildman–Crippen MR) is 80.2 cm³/mol. The van der Waals surface area contributed by atoms with Crippen molar-refractivity contribution in [2.45, 2.75) is 70.0 Å². The summed E-state index contributed by atoms with van der Waals surface area (Å²) in [5.41, 5.74) is 6.26. The highest BCUT2D eigenvalue weighted by Gasteiger charge is 2.39. The molecule has 1 amide bonds. The fraction of sp³-hybridized carbons (Fsp3) is 0.938. The number of amides is 1. The summed E-state index contributed by atoms with van der Waals surface area (Å²) in [4.78, 5) is 15.1. The van der Waals surface area contributed by atoms with E-state index < -0.39 is 0 Å². The molecular weight excluding hydrogens is 250 g/mol. The van der Waals surface area contributed by atoms with Gasteiger partial charge in [0.25, 0.3) is 0 Å². The second-order valence-corrected chi connectivity index (χ2v) is 7.09. The van der Waals surface area contributed by atoms with Crippen molar-refractivity contribution in [1.29, 1.82) is 0 Å². The zero-order valence-corrected chi connectivity index (χ0v) is 12.7. The monoisotopic (exact) mass is 279 g/mol. The van der Waals surface area contributed by atoms with Crippen LogP contribution >= 0.6 is 0 Å². The van der Waals surface area contributed by atoms with E-state index in [1.807, 2.05) is 0 Å². The van der Waals surface area contributed by atoms with Gasteiger partial charge in [-0.25, -0.2) is 0 Å². The van der Waals surface area contributed by atoms with Gasteiger partial charge >= 0.3 is 0 Å². The third-order valence-electron chi connectivity index (χ3n) is 5.82.